The molecule has 0 aliphatic heterocycles. The fourth-order valence-electron chi connectivity index (χ4n) is 2.16. The largest absolute Gasteiger partial charge is 0.496 e. The minimum atomic E-state index is -0.0187. The van der Waals surface area contributed by atoms with Gasteiger partial charge in [-0.2, -0.15) is 0 Å². The van der Waals surface area contributed by atoms with Crippen LogP contribution in [0.15, 0.2) is 42.7 Å². The maximum atomic E-state index is 6.06. The summed E-state index contributed by atoms with van der Waals surface area (Å²) < 4.78 is 5.43. The van der Waals surface area contributed by atoms with Crippen molar-refractivity contribution >= 4 is 5.69 Å². The molecule has 0 amide bonds. The van der Waals surface area contributed by atoms with Gasteiger partial charge in [-0.3, -0.25) is 4.98 Å². The first kappa shape index (κ1) is 13.4. The molecule has 0 saturated carbocycles. The van der Waals surface area contributed by atoms with Gasteiger partial charge in [0.1, 0.15) is 5.75 Å². The summed E-state index contributed by atoms with van der Waals surface area (Å²) in [5.74, 6) is 0.844. The van der Waals surface area contributed by atoms with Crippen LogP contribution in [0, 0.1) is 0 Å². The van der Waals surface area contributed by atoms with E-state index in [0.29, 0.717) is 0 Å². The first-order chi connectivity index (χ1) is 9.27. The molecule has 1 aromatic heterocycles. The van der Waals surface area contributed by atoms with Gasteiger partial charge in [0.2, 0.25) is 0 Å². The highest BCUT2D eigenvalue weighted by Crippen LogP contribution is 2.31. The molecule has 0 fully saturated rings. The van der Waals surface area contributed by atoms with Gasteiger partial charge >= 0.3 is 0 Å². The van der Waals surface area contributed by atoms with Crippen molar-refractivity contribution in [1.82, 2.24) is 10.3 Å². The van der Waals surface area contributed by atoms with Crippen LogP contribution in [-0.2, 0) is 0 Å². The molecule has 1 aromatic carbocycles. The van der Waals surface area contributed by atoms with Crippen LogP contribution < -0.4 is 15.8 Å². The molecule has 0 aliphatic carbocycles. The summed E-state index contributed by atoms with van der Waals surface area (Å²) in [6.07, 6.45) is 3.50. The predicted molar refractivity (Wildman–Crippen MR) is 77.2 cm³/mol. The van der Waals surface area contributed by atoms with Gasteiger partial charge in [-0.05, 0) is 18.7 Å². The SMILES string of the molecule is CCNC(c1cnccc1N)c1ccccc1OC. The van der Waals surface area contributed by atoms with Crippen LogP contribution in [-0.4, -0.2) is 18.6 Å². The van der Waals surface area contributed by atoms with Crippen LogP contribution in [0.2, 0.25) is 0 Å². The summed E-state index contributed by atoms with van der Waals surface area (Å²) in [5, 5.41) is 3.43. The number of hydrogen-bond acceptors (Lipinski definition) is 4. The summed E-state index contributed by atoms with van der Waals surface area (Å²) in [6.45, 7) is 2.89. The number of nitrogens with zero attached hydrogens (tertiary/aromatic N) is 1. The molecule has 2 aromatic rings. The lowest BCUT2D eigenvalue weighted by molar-refractivity contribution is 0.404. The quantitative estimate of drug-likeness (QED) is 0.863. The second-order valence-corrected chi connectivity index (χ2v) is 4.24. The van der Waals surface area contributed by atoms with Gasteiger partial charge in [0.15, 0.2) is 0 Å². The van der Waals surface area contributed by atoms with Crippen molar-refractivity contribution < 1.29 is 4.74 Å². The molecule has 0 radical (unpaired) electrons. The van der Waals surface area contributed by atoms with E-state index in [4.69, 9.17) is 10.5 Å². The number of anilines is 1. The first-order valence-electron chi connectivity index (χ1n) is 6.33. The van der Waals surface area contributed by atoms with E-state index in [2.05, 4.69) is 17.2 Å². The zero-order valence-electron chi connectivity index (χ0n) is 11.3. The maximum Gasteiger partial charge on any atom is 0.123 e. The summed E-state index contributed by atoms with van der Waals surface area (Å²) >= 11 is 0. The molecule has 0 bridgehead atoms. The Labute approximate surface area is 113 Å². The van der Waals surface area contributed by atoms with Crippen molar-refractivity contribution in [2.45, 2.75) is 13.0 Å². The lowest BCUT2D eigenvalue weighted by Gasteiger charge is -2.22. The van der Waals surface area contributed by atoms with E-state index in [-0.39, 0.29) is 6.04 Å². The Bertz CT molecular complexity index is 542. The standard InChI is InChI=1S/C15H19N3O/c1-3-18-15(12-10-17-9-8-13(12)16)11-6-4-5-7-14(11)19-2/h4-10,15,18H,3H2,1-2H3,(H2,16,17). The predicted octanol–water partition coefficient (Wildman–Crippen LogP) is 2.37. The molecular weight excluding hydrogens is 238 g/mol. The Hall–Kier alpha value is -2.07. The Balaban J connectivity index is 2.49. The van der Waals surface area contributed by atoms with E-state index in [1.54, 1.807) is 19.5 Å². The summed E-state index contributed by atoms with van der Waals surface area (Å²) in [4.78, 5) is 4.17. The fraction of sp³-hybridized carbons (Fsp3) is 0.267. The number of aromatic nitrogens is 1. The van der Waals surface area contributed by atoms with Crippen molar-refractivity contribution in [2.75, 3.05) is 19.4 Å². The van der Waals surface area contributed by atoms with Crippen LogP contribution in [0.4, 0.5) is 5.69 Å². The van der Waals surface area contributed by atoms with E-state index >= 15 is 0 Å². The fourth-order valence-corrected chi connectivity index (χ4v) is 2.16. The minimum absolute atomic E-state index is 0.0187. The zero-order valence-corrected chi connectivity index (χ0v) is 11.3. The van der Waals surface area contributed by atoms with Crippen molar-refractivity contribution in [1.29, 1.82) is 0 Å². The van der Waals surface area contributed by atoms with Crippen LogP contribution in [0.3, 0.4) is 0 Å². The molecule has 1 heterocycles. The number of para-hydroxylation sites is 1. The van der Waals surface area contributed by atoms with E-state index in [9.17, 15) is 0 Å². The van der Waals surface area contributed by atoms with Gasteiger partial charge in [-0.1, -0.05) is 25.1 Å². The lowest BCUT2D eigenvalue weighted by atomic mass is 9.98. The molecule has 0 aliphatic rings. The number of nitrogen functional groups attached to an aromatic ring is 1. The highest BCUT2D eigenvalue weighted by Gasteiger charge is 2.19. The molecule has 1 atom stereocenters. The topological polar surface area (TPSA) is 60.2 Å². The molecule has 19 heavy (non-hydrogen) atoms. The minimum Gasteiger partial charge on any atom is -0.496 e. The van der Waals surface area contributed by atoms with Gasteiger partial charge in [-0.25, -0.2) is 0 Å². The van der Waals surface area contributed by atoms with Crippen LogP contribution in [0.25, 0.3) is 0 Å². The van der Waals surface area contributed by atoms with Crippen LogP contribution >= 0.6 is 0 Å². The molecular formula is C15H19N3O. The van der Waals surface area contributed by atoms with Crippen LogP contribution in [0.1, 0.15) is 24.1 Å². The van der Waals surface area contributed by atoms with Gasteiger partial charge in [0.25, 0.3) is 0 Å². The van der Waals surface area contributed by atoms with Gasteiger partial charge in [0.05, 0.1) is 13.2 Å². The maximum absolute atomic E-state index is 6.06. The number of hydrogen-bond donors (Lipinski definition) is 2. The number of ether oxygens (including phenoxy) is 1. The average Bonchev–Trinajstić information content (AvgIpc) is 2.46. The number of benzene rings is 1. The highest BCUT2D eigenvalue weighted by atomic mass is 16.5. The molecule has 3 N–H and O–H groups in total. The van der Waals surface area contributed by atoms with Crippen LogP contribution in [0.5, 0.6) is 5.75 Å². The van der Waals surface area contributed by atoms with Gasteiger partial charge < -0.3 is 15.8 Å². The lowest BCUT2D eigenvalue weighted by Crippen LogP contribution is -2.23. The normalized spacial score (nSPS) is 12.1. The Kier molecular flexibility index (Phi) is 4.36. The van der Waals surface area contributed by atoms with Crippen molar-refractivity contribution in [2.24, 2.45) is 0 Å². The summed E-state index contributed by atoms with van der Waals surface area (Å²) in [6, 6.07) is 9.74. The molecule has 0 spiro atoms. The second-order valence-electron chi connectivity index (χ2n) is 4.24. The van der Waals surface area contributed by atoms with E-state index in [1.165, 1.54) is 0 Å². The van der Waals surface area contributed by atoms with Crippen molar-refractivity contribution in [3.05, 3.63) is 53.9 Å². The third-order valence-electron chi connectivity index (χ3n) is 3.06. The number of methoxy groups -OCH3 is 1. The molecule has 0 saturated heterocycles. The van der Waals surface area contributed by atoms with Gasteiger partial charge in [-0.15, -0.1) is 0 Å². The molecule has 1 unspecified atom stereocenters. The number of nitrogens with two attached hydrogens (primary N) is 1. The zero-order chi connectivity index (χ0) is 13.7. The second kappa shape index (κ2) is 6.20. The average molecular weight is 257 g/mol. The Morgan fingerprint density at radius 3 is 2.74 bits per heavy atom. The molecule has 4 heteroatoms. The van der Waals surface area contributed by atoms with Crippen molar-refractivity contribution in [3.8, 4) is 5.75 Å². The Morgan fingerprint density at radius 1 is 1.26 bits per heavy atom. The van der Waals surface area contributed by atoms with E-state index in [1.807, 2.05) is 30.3 Å². The number of pyridine rings is 1. The Morgan fingerprint density at radius 2 is 2.05 bits per heavy atom. The van der Waals surface area contributed by atoms with Gasteiger partial charge in [0, 0.05) is 29.2 Å². The summed E-state index contributed by atoms with van der Waals surface area (Å²) in [7, 11) is 1.68. The molecule has 2 rings (SSSR count). The first-order valence-corrected chi connectivity index (χ1v) is 6.33. The monoisotopic (exact) mass is 257 g/mol. The molecule has 4 nitrogen and oxygen atoms in total. The van der Waals surface area contributed by atoms with E-state index < -0.39 is 0 Å². The molecule has 100 valence electrons. The van der Waals surface area contributed by atoms with E-state index in [0.717, 1.165) is 29.1 Å². The third-order valence-corrected chi connectivity index (χ3v) is 3.06. The number of rotatable bonds is 5. The summed E-state index contributed by atoms with van der Waals surface area (Å²) in [5.41, 5.74) is 8.82. The smallest absolute Gasteiger partial charge is 0.123 e. The van der Waals surface area contributed by atoms with Crippen molar-refractivity contribution in [3.63, 3.8) is 0 Å². The highest BCUT2D eigenvalue weighted by molar-refractivity contribution is 5.52. The third kappa shape index (κ3) is 2.85. The number of nitrogens with one attached hydrogen (secondary N) is 1.